The van der Waals surface area contributed by atoms with Crippen LogP contribution in [0.3, 0.4) is 0 Å². The summed E-state index contributed by atoms with van der Waals surface area (Å²) in [7, 11) is 2.01. The first-order valence-electron chi connectivity index (χ1n) is 15.0. The zero-order valence-electron chi connectivity index (χ0n) is 25.2. The molecule has 208 valence electrons. The molecule has 0 saturated heterocycles. The molecular formula is C39H47N. The van der Waals surface area contributed by atoms with Gasteiger partial charge in [0.05, 0.1) is 0 Å². The second kappa shape index (κ2) is 17.0. The third kappa shape index (κ3) is 9.72. The fourth-order valence-corrected chi connectivity index (χ4v) is 4.73. The van der Waals surface area contributed by atoms with Crippen molar-refractivity contribution in [3.8, 4) is 11.1 Å². The topological polar surface area (TPSA) is 12.0 Å². The highest BCUT2D eigenvalue weighted by atomic mass is 14.8. The molecule has 1 unspecified atom stereocenters. The second-order valence-corrected chi connectivity index (χ2v) is 10.4. The van der Waals surface area contributed by atoms with Crippen LogP contribution in [0.2, 0.25) is 0 Å². The molecule has 4 aromatic rings. The Labute approximate surface area is 243 Å². The molecule has 0 fully saturated rings. The van der Waals surface area contributed by atoms with Gasteiger partial charge in [-0.25, -0.2) is 0 Å². The Morgan fingerprint density at radius 3 is 1.82 bits per heavy atom. The van der Waals surface area contributed by atoms with Crippen molar-refractivity contribution in [3.05, 3.63) is 144 Å². The van der Waals surface area contributed by atoms with Gasteiger partial charge in [0, 0.05) is 12.7 Å². The fourth-order valence-electron chi connectivity index (χ4n) is 4.73. The van der Waals surface area contributed by atoms with Crippen molar-refractivity contribution in [1.29, 1.82) is 0 Å². The standard InChI is InChI=1S/C30H35N.C9H12/c1-5-12-24-13-10-16-26(20-24)27-17-11-18-28(21-27)30(31-4)22-29(19-23(3)6-2)25-14-8-7-9-15-25;1-2-6-9-7-4-3-5-8-9/h7-11,13-23,31H,5-6,12H2,1-4H3;3-5,7-8H,2,6H2,1H3/b29-19+,30-22-;. The highest BCUT2D eigenvalue weighted by Gasteiger charge is 2.07. The number of aryl methyl sites for hydroxylation is 2. The predicted octanol–water partition coefficient (Wildman–Crippen LogP) is 10.6. The molecule has 0 aliphatic rings. The summed E-state index contributed by atoms with van der Waals surface area (Å²) in [4.78, 5) is 0. The summed E-state index contributed by atoms with van der Waals surface area (Å²) in [6, 6.07) is 39.0. The van der Waals surface area contributed by atoms with Crippen LogP contribution in [0.1, 0.15) is 69.2 Å². The number of nitrogens with one attached hydrogen (secondary N) is 1. The van der Waals surface area contributed by atoms with Gasteiger partial charge in [0.25, 0.3) is 0 Å². The molecule has 0 aromatic heterocycles. The molecule has 1 nitrogen and oxygen atoms in total. The monoisotopic (exact) mass is 529 g/mol. The van der Waals surface area contributed by atoms with E-state index in [9.17, 15) is 0 Å². The number of allylic oxidation sites excluding steroid dienone is 3. The van der Waals surface area contributed by atoms with E-state index < -0.39 is 0 Å². The van der Waals surface area contributed by atoms with Gasteiger partial charge in [-0.15, -0.1) is 0 Å². The second-order valence-electron chi connectivity index (χ2n) is 10.4. The van der Waals surface area contributed by atoms with Gasteiger partial charge in [0.15, 0.2) is 0 Å². The summed E-state index contributed by atoms with van der Waals surface area (Å²) in [5.74, 6) is 0.525. The quantitative estimate of drug-likeness (QED) is 0.191. The highest BCUT2D eigenvalue weighted by molar-refractivity contribution is 5.84. The molecular weight excluding hydrogens is 482 g/mol. The van der Waals surface area contributed by atoms with Crippen LogP contribution < -0.4 is 5.32 Å². The maximum Gasteiger partial charge on any atom is 0.0417 e. The number of rotatable bonds is 11. The molecule has 0 heterocycles. The molecule has 0 radical (unpaired) electrons. The Balaban J connectivity index is 0.000000415. The van der Waals surface area contributed by atoms with Gasteiger partial charge in [-0.05, 0) is 69.9 Å². The third-order valence-corrected chi connectivity index (χ3v) is 7.14. The van der Waals surface area contributed by atoms with E-state index >= 15 is 0 Å². The summed E-state index contributed by atoms with van der Waals surface area (Å²) >= 11 is 0. The third-order valence-electron chi connectivity index (χ3n) is 7.14. The molecule has 0 aliphatic heterocycles. The number of benzene rings is 4. The average molecular weight is 530 g/mol. The van der Waals surface area contributed by atoms with Gasteiger partial charge in [0.1, 0.15) is 0 Å². The van der Waals surface area contributed by atoms with Crippen molar-refractivity contribution in [3.63, 3.8) is 0 Å². The molecule has 1 atom stereocenters. The lowest BCUT2D eigenvalue weighted by atomic mass is 9.95. The molecule has 0 amide bonds. The summed E-state index contributed by atoms with van der Waals surface area (Å²) in [6.45, 7) is 8.95. The van der Waals surface area contributed by atoms with Crippen LogP contribution in [0.4, 0.5) is 0 Å². The SMILES string of the molecule is CCCc1cccc(-c2cccc(/C(=C/C(=C\C(C)CC)c3ccccc3)NC)c2)c1.CCCc1ccccc1. The van der Waals surface area contributed by atoms with Crippen molar-refractivity contribution in [2.24, 2.45) is 5.92 Å². The normalized spacial score (nSPS) is 12.3. The molecule has 0 aliphatic carbocycles. The van der Waals surface area contributed by atoms with Gasteiger partial charge in [-0.1, -0.05) is 156 Å². The average Bonchev–Trinajstić information content (AvgIpc) is 3.01. The Bertz CT molecular complexity index is 1330. The summed E-state index contributed by atoms with van der Waals surface area (Å²) < 4.78 is 0. The summed E-state index contributed by atoms with van der Waals surface area (Å²) in [5, 5.41) is 3.44. The van der Waals surface area contributed by atoms with Crippen molar-refractivity contribution in [2.45, 2.75) is 59.8 Å². The molecule has 0 bridgehead atoms. The first-order valence-corrected chi connectivity index (χ1v) is 15.0. The van der Waals surface area contributed by atoms with Crippen LogP contribution in [-0.2, 0) is 12.8 Å². The van der Waals surface area contributed by atoms with Gasteiger partial charge in [-0.3, -0.25) is 0 Å². The van der Waals surface area contributed by atoms with Gasteiger partial charge in [-0.2, -0.15) is 0 Å². The van der Waals surface area contributed by atoms with E-state index in [2.05, 4.69) is 154 Å². The molecule has 4 aromatic carbocycles. The van der Waals surface area contributed by atoms with Crippen LogP contribution in [0.5, 0.6) is 0 Å². The van der Waals surface area contributed by atoms with Crippen molar-refractivity contribution < 1.29 is 0 Å². The van der Waals surface area contributed by atoms with Gasteiger partial charge >= 0.3 is 0 Å². The maximum atomic E-state index is 3.44. The van der Waals surface area contributed by atoms with Crippen LogP contribution in [0.15, 0.2) is 121 Å². The molecule has 0 spiro atoms. The zero-order valence-corrected chi connectivity index (χ0v) is 25.2. The molecule has 40 heavy (non-hydrogen) atoms. The van der Waals surface area contributed by atoms with Gasteiger partial charge < -0.3 is 5.32 Å². The maximum absolute atomic E-state index is 3.44. The first kappa shape index (κ1) is 30.7. The van der Waals surface area contributed by atoms with E-state index in [1.54, 1.807) is 0 Å². The summed E-state index contributed by atoms with van der Waals surface area (Å²) in [5.41, 5.74) is 10.2. The van der Waals surface area contributed by atoms with E-state index in [1.807, 2.05) is 7.05 Å². The minimum Gasteiger partial charge on any atom is -0.388 e. The Hall–Kier alpha value is -3.84. The largest absolute Gasteiger partial charge is 0.388 e. The lowest BCUT2D eigenvalue weighted by molar-refractivity contribution is 0.700. The van der Waals surface area contributed by atoms with Crippen LogP contribution in [0.25, 0.3) is 22.4 Å². The minimum atomic E-state index is 0.525. The van der Waals surface area contributed by atoms with E-state index in [-0.39, 0.29) is 0 Å². The van der Waals surface area contributed by atoms with Crippen molar-refractivity contribution in [1.82, 2.24) is 5.32 Å². The Morgan fingerprint density at radius 2 is 1.20 bits per heavy atom. The van der Waals surface area contributed by atoms with E-state index in [0.717, 1.165) is 18.5 Å². The van der Waals surface area contributed by atoms with Crippen LogP contribution >= 0.6 is 0 Å². The highest BCUT2D eigenvalue weighted by Crippen LogP contribution is 2.27. The zero-order chi connectivity index (χ0) is 28.6. The lowest BCUT2D eigenvalue weighted by Crippen LogP contribution is -2.05. The lowest BCUT2D eigenvalue weighted by Gasteiger charge is -2.13. The predicted molar refractivity (Wildman–Crippen MR) is 177 cm³/mol. The van der Waals surface area contributed by atoms with E-state index in [1.165, 1.54) is 58.2 Å². The molecule has 4 rings (SSSR count). The first-order chi connectivity index (χ1) is 19.6. The van der Waals surface area contributed by atoms with Gasteiger partial charge in [0.2, 0.25) is 0 Å². The minimum absolute atomic E-state index is 0.525. The smallest absolute Gasteiger partial charge is 0.0417 e. The summed E-state index contributed by atoms with van der Waals surface area (Å²) in [6.07, 6.45) is 10.5. The van der Waals surface area contributed by atoms with Crippen LogP contribution in [-0.4, -0.2) is 7.05 Å². The molecule has 0 saturated carbocycles. The number of hydrogen-bond donors (Lipinski definition) is 1. The Kier molecular flexibility index (Phi) is 13.0. The van der Waals surface area contributed by atoms with Crippen LogP contribution in [0, 0.1) is 5.92 Å². The molecule has 1 heteroatoms. The fraction of sp³-hybridized carbons (Fsp3) is 0.282. The number of hydrogen-bond acceptors (Lipinski definition) is 1. The van der Waals surface area contributed by atoms with Crippen molar-refractivity contribution in [2.75, 3.05) is 7.05 Å². The Morgan fingerprint density at radius 1 is 0.650 bits per heavy atom. The van der Waals surface area contributed by atoms with Crippen molar-refractivity contribution >= 4 is 11.3 Å². The molecule has 1 N–H and O–H groups in total. The van der Waals surface area contributed by atoms with E-state index in [0.29, 0.717) is 5.92 Å². The van der Waals surface area contributed by atoms with E-state index in [4.69, 9.17) is 0 Å².